The molecule has 1 aromatic heterocycles. The third-order valence-corrected chi connectivity index (χ3v) is 5.23. The molecule has 0 radical (unpaired) electrons. The van der Waals surface area contributed by atoms with Gasteiger partial charge in [0.2, 0.25) is 5.91 Å². The Hall–Kier alpha value is -1.53. The van der Waals surface area contributed by atoms with E-state index in [1.807, 2.05) is 4.90 Å². The van der Waals surface area contributed by atoms with Crippen LogP contribution in [0.25, 0.3) is 0 Å². The average molecular weight is 332 g/mol. The summed E-state index contributed by atoms with van der Waals surface area (Å²) in [5.74, 6) is 0.233. The third kappa shape index (κ3) is 4.51. The number of hydrogen-bond donors (Lipinski definition) is 0. The smallest absolute Gasteiger partial charge is 0.237 e. The van der Waals surface area contributed by atoms with E-state index in [1.54, 1.807) is 18.6 Å². The van der Waals surface area contributed by atoms with Gasteiger partial charge in [-0.25, -0.2) is 0 Å². The molecule has 24 heavy (non-hydrogen) atoms. The molecule has 1 amide bonds. The maximum atomic E-state index is 12.8. The van der Waals surface area contributed by atoms with E-state index in [1.165, 1.54) is 25.7 Å². The lowest BCUT2D eigenvalue weighted by Crippen LogP contribution is -2.52. The van der Waals surface area contributed by atoms with Gasteiger partial charge in [0.05, 0.1) is 31.5 Å². The Morgan fingerprint density at radius 1 is 1.38 bits per heavy atom. The highest BCUT2D eigenvalue weighted by atomic mass is 16.5. The molecule has 3 rings (SSSR count). The molecule has 1 atom stereocenters. The molecule has 1 aliphatic carbocycles. The number of aromatic nitrogens is 2. The highest BCUT2D eigenvalue weighted by Crippen LogP contribution is 2.22. The number of ether oxygens (including phenoxy) is 1. The van der Waals surface area contributed by atoms with Gasteiger partial charge < -0.3 is 9.64 Å². The van der Waals surface area contributed by atoms with Crippen LogP contribution in [-0.4, -0.2) is 71.1 Å². The number of likely N-dealkylation sites (N-methyl/N-ethyl adjacent to an activating group) is 1. The Labute approximate surface area is 144 Å². The fourth-order valence-corrected chi connectivity index (χ4v) is 3.77. The quantitative estimate of drug-likeness (QED) is 0.790. The highest BCUT2D eigenvalue weighted by Gasteiger charge is 2.29. The number of carbonyl (C=O) groups is 1. The molecule has 0 bridgehead atoms. The predicted molar refractivity (Wildman–Crippen MR) is 91.6 cm³/mol. The molecule has 6 heteroatoms. The fourth-order valence-electron chi connectivity index (χ4n) is 3.77. The van der Waals surface area contributed by atoms with E-state index in [9.17, 15) is 4.79 Å². The van der Waals surface area contributed by atoms with Crippen LogP contribution in [0.1, 0.15) is 37.8 Å². The second-order valence-corrected chi connectivity index (χ2v) is 6.90. The van der Waals surface area contributed by atoms with E-state index in [2.05, 4.69) is 21.9 Å². The first-order valence-corrected chi connectivity index (χ1v) is 9.06. The summed E-state index contributed by atoms with van der Waals surface area (Å²) in [5.41, 5.74) is 0.971. The second kappa shape index (κ2) is 8.53. The first-order valence-electron chi connectivity index (χ1n) is 9.06. The molecule has 0 N–H and O–H groups in total. The van der Waals surface area contributed by atoms with Crippen molar-refractivity contribution in [3.05, 3.63) is 24.3 Å². The molecule has 2 fully saturated rings. The van der Waals surface area contributed by atoms with Gasteiger partial charge in [-0.15, -0.1) is 0 Å². The summed E-state index contributed by atoms with van der Waals surface area (Å²) in [6.07, 6.45) is 11.9. The van der Waals surface area contributed by atoms with Gasteiger partial charge >= 0.3 is 0 Å². The van der Waals surface area contributed by atoms with Crippen LogP contribution < -0.4 is 0 Å². The lowest BCUT2D eigenvalue weighted by Gasteiger charge is -2.37. The van der Waals surface area contributed by atoms with Crippen molar-refractivity contribution in [2.75, 3.05) is 33.4 Å². The van der Waals surface area contributed by atoms with Crippen LogP contribution in [0.3, 0.4) is 0 Å². The standard InChI is InChI=1S/C18H28N4O2/c1-21(16-4-2-3-5-16)13-18(23)22-10-11-24-14-17(22)7-6-15-12-19-8-9-20-15/h8-9,12,16-17H,2-7,10-11,13-14H2,1H3/t17-/m0/s1. The minimum Gasteiger partial charge on any atom is -0.377 e. The first kappa shape index (κ1) is 17.3. The molecule has 132 valence electrons. The van der Waals surface area contributed by atoms with Crippen molar-refractivity contribution in [1.82, 2.24) is 19.8 Å². The lowest BCUT2D eigenvalue weighted by atomic mass is 10.1. The summed E-state index contributed by atoms with van der Waals surface area (Å²) in [5, 5.41) is 0. The summed E-state index contributed by atoms with van der Waals surface area (Å²) in [6.45, 7) is 2.48. The van der Waals surface area contributed by atoms with Crippen LogP contribution >= 0.6 is 0 Å². The number of rotatable bonds is 6. The van der Waals surface area contributed by atoms with Crippen molar-refractivity contribution in [2.45, 2.75) is 50.6 Å². The molecule has 1 aliphatic heterocycles. The van der Waals surface area contributed by atoms with E-state index in [0.717, 1.165) is 18.5 Å². The Bertz CT molecular complexity index is 519. The minimum atomic E-state index is 0.144. The topological polar surface area (TPSA) is 58.6 Å². The molecule has 2 aliphatic rings. The van der Waals surface area contributed by atoms with Gasteiger partial charge in [0.1, 0.15) is 0 Å². The lowest BCUT2D eigenvalue weighted by molar-refractivity contribution is -0.141. The zero-order valence-electron chi connectivity index (χ0n) is 14.6. The van der Waals surface area contributed by atoms with E-state index < -0.39 is 0 Å². The monoisotopic (exact) mass is 332 g/mol. The molecule has 0 aromatic carbocycles. The summed E-state index contributed by atoms with van der Waals surface area (Å²) in [4.78, 5) is 25.5. The number of aryl methyl sites for hydroxylation is 1. The molecular formula is C18H28N4O2. The Morgan fingerprint density at radius 3 is 2.96 bits per heavy atom. The van der Waals surface area contributed by atoms with Crippen molar-refractivity contribution in [3.63, 3.8) is 0 Å². The third-order valence-electron chi connectivity index (χ3n) is 5.23. The minimum absolute atomic E-state index is 0.144. The molecule has 2 heterocycles. The van der Waals surface area contributed by atoms with Gasteiger partial charge in [-0.1, -0.05) is 12.8 Å². The molecule has 1 saturated heterocycles. The second-order valence-electron chi connectivity index (χ2n) is 6.90. The highest BCUT2D eigenvalue weighted by molar-refractivity contribution is 5.78. The number of amides is 1. The molecule has 1 aromatic rings. The number of carbonyl (C=O) groups excluding carboxylic acids is 1. The van der Waals surface area contributed by atoms with Gasteiger partial charge in [0.25, 0.3) is 0 Å². The zero-order valence-corrected chi connectivity index (χ0v) is 14.6. The normalized spacial score (nSPS) is 22.2. The molecule has 1 saturated carbocycles. The fraction of sp³-hybridized carbons (Fsp3) is 0.722. The van der Waals surface area contributed by atoms with Crippen molar-refractivity contribution in [1.29, 1.82) is 0 Å². The van der Waals surface area contributed by atoms with E-state index >= 15 is 0 Å². The van der Waals surface area contributed by atoms with Crippen molar-refractivity contribution in [3.8, 4) is 0 Å². The maximum Gasteiger partial charge on any atom is 0.237 e. The average Bonchev–Trinajstić information content (AvgIpc) is 3.16. The van der Waals surface area contributed by atoms with Crippen LogP contribution in [0.15, 0.2) is 18.6 Å². The Kier molecular flexibility index (Phi) is 6.15. The summed E-state index contributed by atoms with van der Waals surface area (Å²) >= 11 is 0. The molecule has 0 unspecified atom stereocenters. The van der Waals surface area contributed by atoms with Crippen LogP contribution in [0.2, 0.25) is 0 Å². The summed E-state index contributed by atoms with van der Waals surface area (Å²) in [6, 6.07) is 0.721. The molecular weight excluding hydrogens is 304 g/mol. The van der Waals surface area contributed by atoms with E-state index in [4.69, 9.17) is 4.74 Å². The number of morpholine rings is 1. The van der Waals surface area contributed by atoms with Crippen molar-refractivity contribution in [2.24, 2.45) is 0 Å². The zero-order chi connectivity index (χ0) is 16.8. The van der Waals surface area contributed by atoms with Crippen LogP contribution in [0, 0.1) is 0 Å². The van der Waals surface area contributed by atoms with Gasteiger partial charge in [0.15, 0.2) is 0 Å². The SMILES string of the molecule is CN(CC(=O)N1CCOC[C@@H]1CCc1cnccn1)C1CCCC1. The van der Waals surface area contributed by atoms with E-state index in [-0.39, 0.29) is 11.9 Å². The molecule has 6 nitrogen and oxygen atoms in total. The van der Waals surface area contributed by atoms with Gasteiger partial charge in [0, 0.05) is 31.2 Å². The van der Waals surface area contributed by atoms with Crippen LogP contribution in [0.5, 0.6) is 0 Å². The van der Waals surface area contributed by atoms with Gasteiger partial charge in [-0.3, -0.25) is 19.7 Å². The summed E-state index contributed by atoms with van der Waals surface area (Å²) < 4.78 is 5.61. The van der Waals surface area contributed by atoms with Gasteiger partial charge in [-0.05, 0) is 32.7 Å². The van der Waals surface area contributed by atoms with E-state index in [0.29, 0.717) is 32.3 Å². The van der Waals surface area contributed by atoms with Crippen molar-refractivity contribution >= 4 is 5.91 Å². The number of hydrogen-bond acceptors (Lipinski definition) is 5. The predicted octanol–water partition coefficient (Wildman–Crippen LogP) is 1.51. The summed E-state index contributed by atoms with van der Waals surface area (Å²) in [7, 11) is 2.09. The first-order chi connectivity index (χ1) is 11.7. The molecule has 0 spiro atoms. The Morgan fingerprint density at radius 2 is 2.21 bits per heavy atom. The van der Waals surface area contributed by atoms with Gasteiger partial charge in [-0.2, -0.15) is 0 Å². The maximum absolute atomic E-state index is 12.8. The largest absolute Gasteiger partial charge is 0.377 e. The Balaban J connectivity index is 1.53. The van der Waals surface area contributed by atoms with Crippen LogP contribution in [0.4, 0.5) is 0 Å². The number of nitrogens with zero attached hydrogens (tertiary/aromatic N) is 4. The van der Waals surface area contributed by atoms with Crippen LogP contribution in [-0.2, 0) is 16.0 Å². The van der Waals surface area contributed by atoms with Crippen molar-refractivity contribution < 1.29 is 9.53 Å².